The van der Waals surface area contributed by atoms with Gasteiger partial charge in [-0.2, -0.15) is 0 Å². The minimum atomic E-state index is -0.950. The Bertz CT molecular complexity index is 444. The van der Waals surface area contributed by atoms with E-state index in [0.29, 0.717) is 18.6 Å². The second-order valence-corrected chi connectivity index (χ2v) is 5.21. The largest absolute Gasteiger partial charge is 0.379 e. The summed E-state index contributed by atoms with van der Waals surface area (Å²) in [5.41, 5.74) is 5.34. The van der Waals surface area contributed by atoms with Gasteiger partial charge in [-0.15, -0.1) is 0 Å². The first kappa shape index (κ1) is 12.7. The van der Waals surface area contributed by atoms with E-state index >= 15 is 0 Å². The second kappa shape index (κ2) is 4.84. The zero-order valence-corrected chi connectivity index (χ0v) is 10.8. The number of hydrogen-bond donors (Lipinski definition) is 1. The number of hydrogen-bond acceptors (Lipinski definition) is 3. The highest BCUT2D eigenvalue weighted by molar-refractivity contribution is 9.10. The van der Waals surface area contributed by atoms with Gasteiger partial charge < -0.3 is 10.5 Å². The molecule has 1 fully saturated rings. The van der Waals surface area contributed by atoms with E-state index in [4.69, 9.17) is 10.5 Å². The van der Waals surface area contributed by atoms with Crippen molar-refractivity contribution in [3.05, 3.63) is 34.1 Å². The summed E-state index contributed by atoms with van der Waals surface area (Å²) in [7, 11) is 0. The molecule has 1 aliphatic rings. The Labute approximate surface area is 107 Å². The van der Waals surface area contributed by atoms with Gasteiger partial charge in [0.25, 0.3) is 0 Å². The summed E-state index contributed by atoms with van der Waals surface area (Å²) >= 11 is 3.25. The lowest BCUT2D eigenvalue weighted by atomic mass is 9.90. The maximum absolute atomic E-state index is 13.5. The van der Waals surface area contributed by atoms with E-state index in [1.54, 1.807) is 12.1 Å². The van der Waals surface area contributed by atoms with Crippen LogP contribution in [-0.4, -0.2) is 24.5 Å². The molecule has 0 aliphatic carbocycles. The van der Waals surface area contributed by atoms with Gasteiger partial charge in [-0.05, 0) is 30.2 Å². The molecule has 1 aromatic carbocycles. The zero-order valence-electron chi connectivity index (χ0n) is 9.21. The first-order chi connectivity index (χ1) is 8.01. The van der Waals surface area contributed by atoms with Gasteiger partial charge in [-0.3, -0.25) is 4.79 Å². The molecular weight excluding hydrogens is 289 g/mol. The van der Waals surface area contributed by atoms with Gasteiger partial charge in [-0.1, -0.05) is 15.9 Å². The fourth-order valence-corrected chi connectivity index (χ4v) is 2.24. The lowest BCUT2D eigenvalue weighted by Gasteiger charge is -2.20. The van der Waals surface area contributed by atoms with E-state index in [2.05, 4.69) is 15.9 Å². The van der Waals surface area contributed by atoms with Crippen LogP contribution < -0.4 is 5.73 Å². The van der Waals surface area contributed by atoms with Crippen LogP contribution in [0, 0.1) is 5.82 Å². The Morgan fingerprint density at radius 1 is 1.59 bits per heavy atom. The molecule has 1 heterocycles. The number of carbonyl (C=O) groups excluding carboxylic acids is 1. The SMILES string of the molecule is NC1(C(=O)Cc2cc(Br)ccc2F)CCOC1. The summed E-state index contributed by atoms with van der Waals surface area (Å²) in [6.45, 7) is 0.713. The minimum absolute atomic E-state index is 0.00509. The molecule has 17 heavy (non-hydrogen) atoms. The molecule has 5 heteroatoms. The van der Waals surface area contributed by atoms with Gasteiger partial charge in [0.1, 0.15) is 11.4 Å². The molecule has 0 amide bonds. The quantitative estimate of drug-likeness (QED) is 0.926. The number of halogens is 2. The van der Waals surface area contributed by atoms with Crippen LogP contribution in [0.5, 0.6) is 0 Å². The van der Waals surface area contributed by atoms with Crippen molar-refractivity contribution in [3.8, 4) is 0 Å². The lowest BCUT2D eigenvalue weighted by Crippen LogP contribution is -2.49. The molecular formula is C12H13BrFNO2. The summed E-state index contributed by atoms with van der Waals surface area (Å²) in [5.74, 6) is -0.559. The first-order valence-electron chi connectivity index (χ1n) is 5.35. The molecule has 92 valence electrons. The van der Waals surface area contributed by atoms with Gasteiger partial charge in [-0.25, -0.2) is 4.39 Å². The highest BCUT2D eigenvalue weighted by atomic mass is 79.9. The van der Waals surface area contributed by atoms with Gasteiger partial charge in [0.05, 0.1) is 6.61 Å². The topological polar surface area (TPSA) is 52.3 Å². The molecule has 1 atom stereocenters. The lowest BCUT2D eigenvalue weighted by molar-refractivity contribution is -0.123. The van der Waals surface area contributed by atoms with Crippen LogP contribution in [0.1, 0.15) is 12.0 Å². The number of ketones is 1. The predicted octanol–water partition coefficient (Wildman–Crippen LogP) is 1.82. The van der Waals surface area contributed by atoms with Crippen LogP contribution in [0.3, 0.4) is 0 Å². The summed E-state index contributed by atoms with van der Waals surface area (Å²) in [6, 6.07) is 4.54. The van der Waals surface area contributed by atoms with Crippen molar-refractivity contribution >= 4 is 21.7 Å². The third-order valence-corrected chi connectivity index (χ3v) is 3.46. The van der Waals surface area contributed by atoms with Crippen molar-refractivity contribution < 1.29 is 13.9 Å². The Morgan fingerprint density at radius 3 is 3.00 bits per heavy atom. The summed E-state index contributed by atoms with van der Waals surface area (Å²) in [6.07, 6.45) is 0.507. The molecule has 2 rings (SSSR count). The van der Waals surface area contributed by atoms with Crippen LogP contribution in [0.15, 0.2) is 22.7 Å². The molecule has 0 aromatic heterocycles. The van der Waals surface area contributed by atoms with Crippen LogP contribution in [0.2, 0.25) is 0 Å². The molecule has 3 nitrogen and oxygen atoms in total. The van der Waals surface area contributed by atoms with E-state index in [1.807, 2.05) is 0 Å². The average Bonchev–Trinajstić information content (AvgIpc) is 2.72. The summed E-state index contributed by atoms with van der Waals surface area (Å²) in [4.78, 5) is 12.0. The number of ether oxygens (including phenoxy) is 1. The van der Waals surface area contributed by atoms with E-state index in [1.165, 1.54) is 6.07 Å². The average molecular weight is 302 g/mol. The van der Waals surface area contributed by atoms with Crippen molar-refractivity contribution in [1.82, 2.24) is 0 Å². The Kier molecular flexibility index (Phi) is 3.61. The zero-order chi connectivity index (χ0) is 12.5. The van der Waals surface area contributed by atoms with E-state index in [-0.39, 0.29) is 24.6 Å². The van der Waals surface area contributed by atoms with Gasteiger partial charge in [0.15, 0.2) is 5.78 Å². The molecule has 1 aliphatic heterocycles. The maximum Gasteiger partial charge on any atom is 0.159 e. The van der Waals surface area contributed by atoms with Crippen molar-refractivity contribution in [2.45, 2.75) is 18.4 Å². The van der Waals surface area contributed by atoms with E-state index in [0.717, 1.165) is 4.47 Å². The third-order valence-electron chi connectivity index (χ3n) is 2.97. The monoisotopic (exact) mass is 301 g/mol. The summed E-state index contributed by atoms with van der Waals surface area (Å²) < 4.78 is 19.4. The standard InChI is InChI=1S/C12H13BrFNO2/c13-9-1-2-10(14)8(5-9)6-11(16)12(15)3-4-17-7-12/h1-2,5H,3-4,6-7,15H2. The highest BCUT2D eigenvalue weighted by Gasteiger charge is 2.37. The highest BCUT2D eigenvalue weighted by Crippen LogP contribution is 2.21. The smallest absolute Gasteiger partial charge is 0.159 e. The van der Waals surface area contributed by atoms with Crippen LogP contribution in [0.4, 0.5) is 4.39 Å². The van der Waals surface area contributed by atoms with Crippen LogP contribution in [0.25, 0.3) is 0 Å². The number of nitrogens with two attached hydrogens (primary N) is 1. The number of benzene rings is 1. The normalized spacial score (nSPS) is 23.9. The molecule has 1 unspecified atom stereocenters. The fraction of sp³-hybridized carbons (Fsp3) is 0.417. The fourth-order valence-electron chi connectivity index (χ4n) is 1.83. The molecule has 0 radical (unpaired) electrons. The van der Waals surface area contributed by atoms with Gasteiger partial charge >= 0.3 is 0 Å². The molecule has 0 bridgehead atoms. The van der Waals surface area contributed by atoms with Gasteiger partial charge in [0, 0.05) is 17.5 Å². The molecule has 1 aromatic rings. The second-order valence-electron chi connectivity index (χ2n) is 4.29. The van der Waals surface area contributed by atoms with Crippen molar-refractivity contribution in [3.63, 3.8) is 0 Å². The van der Waals surface area contributed by atoms with E-state index < -0.39 is 5.54 Å². The Morgan fingerprint density at radius 2 is 2.35 bits per heavy atom. The Balaban J connectivity index is 2.15. The molecule has 2 N–H and O–H groups in total. The van der Waals surface area contributed by atoms with E-state index in [9.17, 15) is 9.18 Å². The van der Waals surface area contributed by atoms with Crippen molar-refractivity contribution in [2.24, 2.45) is 5.73 Å². The third kappa shape index (κ3) is 2.73. The Hall–Kier alpha value is -0.780. The molecule has 0 spiro atoms. The van der Waals surface area contributed by atoms with Crippen molar-refractivity contribution in [2.75, 3.05) is 13.2 Å². The number of Topliss-reactive ketones (excluding diaryl/α,β-unsaturated/α-hetero) is 1. The van der Waals surface area contributed by atoms with Crippen molar-refractivity contribution in [1.29, 1.82) is 0 Å². The minimum Gasteiger partial charge on any atom is -0.379 e. The maximum atomic E-state index is 13.5. The number of rotatable bonds is 3. The van der Waals surface area contributed by atoms with Gasteiger partial charge in [0.2, 0.25) is 0 Å². The predicted molar refractivity (Wildman–Crippen MR) is 65.2 cm³/mol. The molecule has 1 saturated heterocycles. The first-order valence-corrected chi connectivity index (χ1v) is 6.14. The number of carbonyl (C=O) groups is 1. The molecule has 0 saturated carbocycles. The van der Waals surface area contributed by atoms with Crippen LogP contribution in [-0.2, 0) is 16.0 Å². The van der Waals surface area contributed by atoms with Crippen LogP contribution >= 0.6 is 15.9 Å². The summed E-state index contributed by atoms with van der Waals surface area (Å²) in [5, 5.41) is 0.